The first kappa shape index (κ1) is 20.5. The SMILES string of the molecule is Cn1ncc2c1Nc1cc(Cl)ccc1N(C(=O)c1ccc(CNC(=O)C3CC3)cc1F)C2. The fourth-order valence-corrected chi connectivity index (χ4v) is 4.01. The van der Waals surface area contributed by atoms with Crippen molar-refractivity contribution in [3.05, 3.63) is 70.1 Å². The summed E-state index contributed by atoms with van der Waals surface area (Å²) in [6.07, 6.45) is 3.49. The minimum absolute atomic E-state index is 0.00910. The maximum atomic E-state index is 15.0. The molecule has 7 nitrogen and oxygen atoms in total. The zero-order chi connectivity index (χ0) is 22.4. The van der Waals surface area contributed by atoms with Gasteiger partial charge in [0.15, 0.2) is 0 Å². The molecule has 0 unspecified atom stereocenters. The van der Waals surface area contributed by atoms with Crippen LogP contribution in [-0.2, 0) is 24.9 Å². The van der Waals surface area contributed by atoms with Crippen LogP contribution in [0.2, 0.25) is 5.02 Å². The number of aryl methyl sites for hydroxylation is 1. The van der Waals surface area contributed by atoms with Crippen LogP contribution in [0.25, 0.3) is 0 Å². The average Bonchev–Trinajstić information content (AvgIpc) is 3.58. The molecule has 0 spiro atoms. The molecule has 0 radical (unpaired) electrons. The summed E-state index contributed by atoms with van der Waals surface area (Å²) in [4.78, 5) is 26.8. The number of aromatic nitrogens is 2. The van der Waals surface area contributed by atoms with Crippen LogP contribution >= 0.6 is 11.6 Å². The Balaban J connectivity index is 1.44. The molecule has 2 heterocycles. The van der Waals surface area contributed by atoms with Gasteiger partial charge in [-0.15, -0.1) is 0 Å². The number of benzene rings is 2. The van der Waals surface area contributed by atoms with Crippen LogP contribution in [0.1, 0.15) is 34.3 Å². The Morgan fingerprint density at radius 2 is 2.06 bits per heavy atom. The van der Waals surface area contributed by atoms with Crippen LogP contribution < -0.4 is 15.5 Å². The number of anilines is 3. The highest BCUT2D eigenvalue weighted by Gasteiger charge is 2.30. The highest BCUT2D eigenvalue weighted by atomic mass is 35.5. The molecule has 3 aromatic rings. The quantitative estimate of drug-likeness (QED) is 0.622. The van der Waals surface area contributed by atoms with E-state index in [1.165, 1.54) is 17.0 Å². The molecule has 1 aromatic heterocycles. The van der Waals surface area contributed by atoms with Crippen molar-refractivity contribution in [1.82, 2.24) is 15.1 Å². The minimum atomic E-state index is -0.632. The maximum absolute atomic E-state index is 15.0. The number of nitrogens with one attached hydrogen (secondary N) is 2. The third-order valence-corrected chi connectivity index (χ3v) is 6.00. The Hall–Kier alpha value is -3.39. The van der Waals surface area contributed by atoms with Crippen LogP contribution in [0.15, 0.2) is 42.6 Å². The molecule has 1 saturated carbocycles. The second-order valence-corrected chi connectivity index (χ2v) is 8.56. The number of hydrogen-bond donors (Lipinski definition) is 2. The highest BCUT2D eigenvalue weighted by Crippen LogP contribution is 2.38. The van der Waals surface area contributed by atoms with E-state index in [2.05, 4.69) is 15.7 Å². The first-order chi connectivity index (χ1) is 15.4. The second-order valence-electron chi connectivity index (χ2n) is 8.13. The van der Waals surface area contributed by atoms with E-state index in [1.807, 2.05) is 0 Å². The molecule has 9 heteroatoms. The van der Waals surface area contributed by atoms with Crippen molar-refractivity contribution in [3.8, 4) is 0 Å². The van der Waals surface area contributed by atoms with Gasteiger partial charge < -0.3 is 15.5 Å². The molecule has 2 N–H and O–H groups in total. The van der Waals surface area contributed by atoms with Crippen molar-refractivity contribution in [1.29, 1.82) is 0 Å². The largest absolute Gasteiger partial charge is 0.352 e. The molecule has 2 aromatic carbocycles. The van der Waals surface area contributed by atoms with Crippen molar-refractivity contribution >= 4 is 40.6 Å². The molecular weight excluding hydrogens is 433 g/mol. The average molecular weight is 454 g/mol. The molecule has 1 aliphatic heterocycles. The maximum Gasteiger partial charge on any atom is 0.261 e. The van der Waals surface area contributed by atoms with Crippen molar-refractivity contribution in [3.63, 3.8) is 0 Å². The van der Waals surface area contributed by atoms with Gasteiger partial charge in [-0.3, -0.25) is 14.3 Å². The van der Waals surface area contributed by atoms with Gasteiger partial charge in [-0.1, -0.05) is 17.7 Å². The summed E-state index contributed by atoms with van der Waals surface area (Å²) < 4.78 is 16.7. The molecular formula is C23H21ClFN5O2. The lowest BCUT2D eigenvalue weighted by Gasteiger charge is -2.23. The van der Waals surface area contributed by atoms with E-state index in [0.29, 0.717) is 22.0 Å². The van der Waals surface area contributed by atoms with Gasteiger partial charge in [0.05, 0.1) is 29.7 Å². The number of fused-ring (bicyclic) bond motifs is 2. The van der Waals surface area contributed by atoms with E-state index in [4.69, 9.17) is 11.6 Å². The number of halogens is 2. The van der Waals surface area contributed by atoms with Crippen LogP contribution in [0.5, 0.6) is 0 Å². The molecule has 0 bridgehead atoms. The lowest BCUT2D eigenvalue weighted by molar-refractivity contribution is -0.122. The number of rotatable bonds is 4. The predicted molar refractivity (Wildman–Crippen MR) is 119 cm³/mol. The minimum Gasteiger partial charge on any atom is -0.352 e. The second kappa shape index (κ2) is 7.94. The number of carbonyl (C=O) groups excluding carboxylic acids is 2. The Labute approximate surface area is 189 Å². The summed E-state index contributed by atoms with van der Waals surface area (Å²) in [6.45, 7) is 0.455. The van der Waals surface area contributed by atoms with Crippen LogP contribution in [0.4, 0.5) is 21.6 Å². The highest BCUT2D eigenvalue weighted by molar-refractivity contribution is 6.31. The third-order valence-electron chi connectivity index (χ3n) is 5.77. The molecule has 0 atom stereocenters. The van der Waals surface area contributed by atoms with E-state index >= 15 is 0 Å². The predicted octanol–water partition coefficient (Wildman–Crippen LogP) is 4.14. The third kappa shape index (κ3) is 3.82. The number of hydrogen-bond acceptors (Lipinski definition) is 4. The summed E-state index contributed by atoms with van der Waals surface area (Å²) in [5, 5.41) is 10.9. The lowest BCUT2D eigenvalue weighted by Crippen LogP contribution is -2.31. The molecule has 0 saturated heterocycles. The summed E-state index contributed by atoms with van der Waals surface area (Å²) in [6, 6.07) is 9.59. The molecule has 1 aliphatic carbocycles. The van der Waals surface area contributed by atoms with Gasteiger partial charge >= 0.3 is 0 Å². The van der Waals surface area contributed by atoms with E-state index in [-0.39, 0.29) is 30.5 Å². The Morgan fingerprint density at radius 1 is 1.25 bits per heavy atom. The van der Waals surface area contributed by atoms with E-state index in [1.54, 1.807) is 42.2 Å². The van der Waals surface area contributed by atoms with Gasteiger partial charge in [-0.25, -0.2) is 4.39 Å². The standard InChI is InChI=1S/C23H21ClFN5O2/c1-29-21-15(11-27-29)12-30(20-7-5-16(24)9-19(20)28-21)23(32)17-6-2-13(8-18(17)25)10-26-22(31)14-3-4-14/h2,5-9,11,14,28H,3-4,10,12H2,1H3,(H,26,31). The van der Waals surface area contributed by atoms with Gasteiger partial charge in [-0.2, -0.15) is 5.10 Å². The summed E-state index contributed by atoms with van der Waals surface area (Å²) in [7, 11) is 1.80. The Morgan fingerprint density at radius 3 is 2.81 bits per heavy atom. The summed E-state index contributed by atoms with van der Waals surface area (Å²) in [5.74, 6) is -0.287. The van der Waals surface area contributed by atoms with E-state index in [0.717, 1.165) is 24.2 Å². The number of nitrogens with zero attached hydrogens (tertiary/aromatic N) is 3. The molecule has 32 heavy (non-hydrogen) atoms. The van der Waals surface area contributed by atoms with E-state index < -0.39 is 11.7 Å². The van der Waals surface area contributed by atoms with Crippen LogP contribution in [0, 0.1) is 11.7 Å². The first-order valence-electron chi connectivity index (χ1n) is 10.4. The van der Waals surface area contributed by atoms with Gasteiger partial charge in [0, 0.05) is 30.1 Å². The summed E-state index contributed by atoms with van der Waals surface area (Å²) in [5.41, 5.74) is 2.58. The van der Waals surface area contributed by atoms with Crippen molar-refractivity contribution in [2.75, 3.05) is 10.2 Å². The van der Waals surface area contributed by atoms with Crippen molar-refractivity contribution < 1.29 is 14.0 Å². The molecule has 2 amide bonds. The molecule has 2 aliphatic rings. The molecule has 5 rings (SSSR count). The topological polar surface area (TPSA) is 79.3 Å². The van der Waals surface area contributed by atoms with Crippen LogP contribution in [-0.4, -0.2) is 21.6 Å². The van der Waals surface area contributed by atoms with Gasteiger partial charge in [0.2, 0.25) is 5.91 Å². The van der Waals surface area contributed by atoms with Gasteiger partial charge in [0.25, 0.3) is 5.91 Å². The number of carbonyl (C=O) groups is 2. The first-order valence-corrected chi connectivity index (χ1v) is 10.7. The Bertz CT molecular complexity index is 1240. The fraction of sp³-hybridized carbons (Fsp3) is 0.261. The van der Waals surface area contributed by atoms with Gasteiger partial charge in [0.1, 0.15) is 11.6 Å². The van der Waals surface area contributed by atoms with Gasteiger partial charge in [-0.05, 0) is 48.7 Å². The number of amides is 2. The van der Waals surface area contributed by atoms with Crippen molar-refractivity contribution in [2.24, 2.45) is 13.0 Å². The fourth-order valence-electron chi connectivity index (χ4n) is 3.83. The normalized spacial score (nSPS) is 14.8. The Kier molecular flexibility index (Phi) is 5.09. The van der Waals surface area contributed by atoms with Crippen LogP contribution in [0.3, 0.4) is 0 Å². The monoisotopic (exact) mass is 453 g/mol. The molecule has 164 valence electrons. The summed E-state index contributed by atoms with van der Waals surface area (Å²) >= 11 is 6.18. The molecule has 1 fully saturated rings. The smallest absolute Gasteiger partial charge is 0.261 e. The van der Waals surface area contributed by atoms with E-state index in [9.17, 15) is 14.0 Å². The lowest BCUT2D eigenvalue weighted by atomic mass is 10.1. The zero-order valence-electron chi connectivity index (χ0n) is 17.4. The van der Waals surface area contributed by atoms with Crippen molar-refractivity contribution in [2.45, 2.75) is 25.9 Å². The zero-order valence-corrected chi connectivity index (χ0v) is 18.1.